The number of rotatable bonds is 5. The van der Waals surface area contributed by atoms with Crippen molar-refractivity contribution in [3.63, 3.8) is 0 Å². The van der Waals surface area contributed by atoms with Gasteiger partial charge in [-0.15, -0.1) is 11.3 Å². The first-order valence-corrected chi connectivity index (χ1v) is 9.45. The maximum absolute atomic E-state index is 12.5. The molecule has 0 saturated heterocycles. The van der Waals surface area contributed by atoms with Gasteiger partial charge < -0.3 is 5.32 Å². The molecule has 4 nitrogen and oxygen atoms in total. The number of hydrogen-bond donors (Lipinski definition) is 2. The van der Waals surface area contributed by atoms with Crippen LogP contribution < -0.4 is 10.0 Å². The zero-order valence-electron chi connectivity index (χ0n) is 12.0. The van der Waals surface area contributed by atoms with Crippen molar-refractivity contribution in [3.8, 4) is 0 Å². The lowest BCUT2D eigenvalue weighted by atomic mass is 10.2. The predicted molar refractivity (Wildman–Crippen MR) is 91.5 cm³/mol. The molecule has 2 aromatic rings. The molecular weight excluding hydrogens is 372 g/mol. The Kier molecular flexibility index (Phi) is 5.08. The van der Waals surface area contributed by atoms with Gasteiger partial charge in [-0.05, 0) is 50.7 Å². The number of aryl methyl sites for hydroxylation is 2. The van der Waals surface area contributed by atoms with Crippen LogP contribution >= 0.6 is 27.3 Å². The number of thiophene rings is 1. The first kappa shape index (κ1) is 16.5. The van der Waals surface area contributed by atoms with E-state index >= 15 is 0 Å². The van der Waals surface area contributed by atoms with Gasteiger partial charge in [-0.25, -0.2) is 8.42 Å². The van der Waals surface area contributed by atoms with Crippen LogP contribution in [0.15, 0.2) is 33.6 Å². The summed E-state index contributed by atoms with van der Waals surface area (Å²) in [5.74, 6) is 0. The van der Waals surface area contributed by atoms with Crippen molar-refractivity contribution in [3.05, 3.63) is 44.1 Å². The normalized spacial score (nSPS) is 11.6. The minimum absolute atomic E-state index is 0.346. The third kappa shape index (κ3) is 3.85. The first-order valence-electron chi connectivity index (χ1n) is 6.36. The molecule has 0 aliphatic carbocycles. The zero-order chi connectivity index (χ0) is 15.6. The van der Waals surface area contributed by atoms with Gasteiger partial charge in [-0.1, -0.05) is 15.9 Å². The van der Waals surface area contributed by atoms with Crippen molar-refractivity contribution in [2.45, 2.75) is 25.3 Å². The highest BCUT2D eigenvalue weighted by Gasteiger charge is 2.20. The summed E-state index contributed by atoms with van der Waals surface area (Å²) in [5.41, 5.74) is 1.55. The Morgan fingerprint density at radius 2 is 1.95 bits per heavy atom. The summed E-state index contributed by atoms with van der Waals surface area (Å²) < 4.78 is 28.6. The van der Waals surface area contributed by atoms with Crippen molar-refractivity contribution in [1.82, 2.24) is 5.32 Å². The Hall–Kier alpha value is -0.890. The molecule has 0 bridgehead atoms. The molecule has 7 heteroatoms. The van der Waals surface area contributed by atoms with E-state index in [2.05, 4.69) is 26.0 Å². The minimum atomic E-state index is -3.55. The number of hydrogen-bond acceptors (Lipinski definition) is 4. The van der Waals surface area contributed by atoms with Gasteiger partial charge in [-0.3, -0.25) is 4.72 Å². The van der Waals surface area contributed by atoms with E-state index in [1.165, 1.54) is 11.3 Å². The van der Waals surface area contributed by atoms with Crippen LogP contribution in [0.25, 0.3) is 0 Å². The van der Waals surface area contributed by atoms with E-state index < -0.39 is 10.0 Å². The van der Waals surface area contributed by atoms with Gasteiger partial charge in [0.25, 0.3) is 10.0 Å². The third-order valence-corrected chi connectivity index (χ3v) is 6.55. The lowest BCUT2D eigenvalue weighted by molar-refractivity contribution is 0.601. The quantitative estimate of drug-likeness (QED) is 0.821. The van der Waals surface area contributed by atoms with E-state index in [9.17, 15) is 8.42 Å². The lowest BCUT2D eigenvalue weighted by Crippen LogP contribution is -2.13. The molecule has 21 heavy (non-hydrogen) atoms. The Bertz CT molecular complexity index is 754. The van der Waals surface area contributed by atoms with Gasteiger partial charge >= 0.3 is 0 Å². The first-order chi connectivity index (χ1) is 9.83. The molecule has 2 rings (SSSR count). The summed E-state index contributed by atoms with van der Waals surface area (Å²) in [5, 5.41) is 3.03. The van der Waals surface area contributed by atoms with Crippen molar-refractivity contribution < 1.29 is 8.42 Å². The predicted octanol–water partition coefficient (Wildman–Crippen LogP) is 3.65. The molecule has 114 valence electrons. The fourth-order valence-corrected chi connectivity index (χ4v) is 4.92. The Balaban J connectivity index is 2.31. The molecule has 0 radical (unpaired) electrons. The molecule has 2 N–H and O–H groups in total. The molecule has 0 saturated carbocycles. The Labute approximate surface area is 137 Å². The van der Waals surface area contributed by atoms with Crippen LogP contribution in [0.2, 0.25) is 0 Å². The van der Waals surface area contributed by atoms with Gasteiger partial charge in [0.05, 0.1) is 0 Å². The summed E-state index contributed by atoms with van der Waals surface area (Å²) in [7, 11) is -1.71. The van der Waals surface area contributed by atoms with E-state index in [1.807, 2.05) is 27.0 Å². The van der Waals surface area contributed by atoms with E-state index in [-0.39, 0.29) is 0 Å². The van der Waals surface area contributed by atoms with Crippen molar-refractivity contribution in [1.29, 1.82) is 0 Å². The fraction of sp³-hybridized carbons (Fsp3) is 0.286. The molecule has 0 spiro atoms. The molecule has 1 aromatic heterocycles. The molecule has 1 heterocycles. The third-order valence-electron chi connectivity index (χ3n) is 2.97. The molecule has 0 amide bonds. The highest BCUT2D eigenvalue weighted by Crippen LogP contribution is 2.28. The van der Waals surface area contributed by atoms with Crippen LogP contribution in [-0.4, -0.2) is 15.5 Å². The van der Waals surface area contributed by atoms with Crippen LogP contribution in [0.1, 0.15) is 15.3 Å². The monoisotopic (exact) mass is 388 g/mol. The topological polar surface area (TPSA) is 58.2 Å². The number of nitrogens with one attached hydrogen (secondary N) is 2. The highest BCUT2D eigenvalue weighted by atomic mass is 79.9. The maximum Gasteiger partial charge on any atom is 0.263 e. The Morgan fingerprint density at radius 3 is 2.57 bits per heavy atom. The molecule has 1 aromatic carbocycles. The van der Waals surface area contributed by atoms with Crippen LogP contribution in [0.5, 0.6) is 0 Å². The maximum atomic E-state index is 12.5. The van der Waals surface area contributed by atoms with Crippen molar-refractivity contribution >= 4 is 43.0 Å². The van der Waals surface area contributed by atoms with Crippen LogP contribution in [0.3, 0.4) is 0 Å². The van der Waals surface area contributed by atoms with E-state index in [4.69, 9.17) is 0 Å². The highest BCUT2D eigenvalue weighted by molar-refractivity contribution is 9.10. The summed E-state index contributed by atoms with van der Waals surface area (Å²) in [6.07, 6.45) is 0. The molecule has 0 unspecified atom stereocenters. The Morgan fingerprint density at radius 1 is 1.24 bits per heavy atom. The summed E-state index contributed by atoms with van der Waals surface area (Å²) in [4.78, 5) is 2.14. The average molecular weight is 389 g/mol. The van der Waals surface area contributed by atoms with Crippen molar-refractivity contribution in [2.75, 3.05) is 11.8 Å². The SMILES string of the molecule is CNCc1cc(S(=O)(=O)Nc2ccc(Br)c(C)c2)c(C)s1. The molecule has 0 atom stereocenters. The standard InChI is InChI=1S/C14H17BrN2O2S2/c1-9-6-11(4-5-13(9)15)17-21(18,19)14-7-12(8-16-3)20-10(14)2/h4-7,16-17H,8H2,1-3H3. The summed E-state index contributed by atoms with van der Waals surface area (Å²) in [6, 6.07) is 7.10. The second-order valence-electron chi connectivity index (χ2n) is 4.73. The fourth-order valence-electron chi connectivity index (χ4n) is 1.97. The van der Waals surface area contributed by atoms with Gasteiger partial charge in [0.2, 0.25) is 0 Å². The molecule has 0 fully saturated rings. The second kappa shape index (κ2) is 6.48. The second-order valence-corrected chi connectivity index (χ2v) is 8.58. The van der Waals surface area contributed by atoms with E-state index in [1.54, 1.807) is 18.2 Å². The number of anilines is 1. The van der Waals surface area contributed by atoms with Gasteiger partial charge in [0, 0.05) is 26.5 Å². The van der Waals surface area contributed by atoms with Crippen LogP contribution in [0.4, 0.5) is 5.69 Å². The largest absolute Gasteiger partial charge is 0.315 e. The molecule has 0 aliphatic rings. The van der Waals surface area contributed by atoms with Crippen LogP contribution in [-0.2, 0) is 16.6 Å². The number of halogens is 1. The summed E-state index contributed by atoms with van der Waals surface area (Å²) in [6.45, 7) is 4.41. The van der Waals surface area contributed by atoms with Gasteiger partial charge in [0.1, 0.15) is 4.90 Å². The zero-order valence-corrected chi connectivity index (χ0v) is 15.2. The summed E-state index contributed by atoms with van der Waals surface area (Å²) >= 11 is 4.90. The van der Waals surface area contributed by atoms with Crippen molar-refractivity contribution in [2.24, 2.45) is 0 Å². The molecule has 0 aliphatic heterocycles. The minimum Gasteiger partial charge on any atom is -0.315 e. The number of sulfonamides is 1. The van der Waals surface area contributed by atoms with Crippen LogP contribution in [0, 0.1) is 13.8 Å². The van der Waals surface area contributed by atoms with E-state index in [0.29, 0.717) is 17.1 Å². The van der Waals surface area contributed by atoms with Gasteiger partial charge in [-0.2, -0.15) is 0 Å². The average Bonchev–Trinajstić information content (AvgIpc) is 2.76. The smallest absolute Gasteiger partial charge is 0.263 e. The molecular formula is C14H17BrN2O2S2. The van der Waals surface area contributed by atoms with E-state index in [0.717, 1.165) is 19.8 Å². The van der Waals surface area contributed by atoms with Gasteiger partial charge in [0.15, 0.2) is 0 Å². The lowest BCUT2D eigenvalue weighted by Gasteiger charge is -2.09. The number of benzene rings is 1.